The number of fused-ring (bicyclic) bond motifs is 1. The van der Waals surface area contributed by atoms with Crippen LogP contribution in [-0.4, -0.2) is 88.7 Å². The van der Waals surface area contributed by atoms with Crippen LogP contribution in [0.5, 0.6) is 0 Å². The first kappa shape index (κ1) is 23.5. The molecule has 5 rings (SSSR count). The average Bonchev–Trinajstić information content (AvgIpc) is 3.52. The molecule has 10 heteroatoms. The fourth-order valence-electron chi connectivity index (χ4n) is 5.10. The van der Waals surface area contributed by atoms with Gasteiger partial charge in [-0.25, -0.2) is 14.4 Å². The molecule has 1 aliphatic heterocycles. The third-order valence-electron chi connectivity index (χ3n) is 7.02. The highest BCUT2D eigenvalue weighted by Crippen LogP contribution is 2.35. The number of pyridine rings is 1. The van der Waals surface area contributed by atoms with E-state index in [1.807, 2.05) is 24.4 Å². The van der Waals surface area contributed by atoms with Crippen LogP contribution >= 0.6 is 0 Å². The number of alkyl halides is 1. The van der Waals surface area contributed by atoms with Crippen molar-refractivity contribution in [1.29, 1.82) is 0 Å². The molecule has 0 atom stereocenters. The van der Waals surface area contributed by atoms with Gasteiger partial charge in [0.1, 0.15) is 23.8 Å². The maximum Gasteiger partial charge on any atom is 0.270 e. The molecular formula is C25H33FN8O. The Morgan fingerprint density at radius 3 is 2.54 bits per heavy atom. The van der Waals surface area contributed by atoms with Crippen molar-refractivity contribution in [3.63, 3.8) is 0 Å². The Balaban J connectivity index is 1.35. The molecule has 2 fully saturated rings. The van der Waals surface area contributed by atoms with Gasteiger partial charge in [0.2, 0.25) is 5.95 Å². The molecule has 0 unspecified atom stereocenters. The Kier molecular flexibility index (Phi) is 6.81. The van der Waals surface area contributed by atoms with Crippen LogP contribution in [0.1, 0.15) is 42.2 Å². The summed E-state index contributed by atoms with van der Waals surface area (Å²) in [5, 5.41) is 4.08. The predicted molar refractivity (Wildman–Crippen MR) is 135 cm³/mol. The number of amides is 1. The van der Waals surface area contributed by atoms with Crippen LogP contribution in [0.2, 0.25) is 0 Å². The molecule has 1 N–H and O–H groups in total. The molecule has 1 saturated heterocycles. The fourth-order valence-corrected chi connectivity index (χ4v) is 5.10. The van der Waals surface area contributed by atoms with E-state index in [0.717, 1.165) is 68.6 Å². The average molecular weight is 481 g/mol. The zero-order chi connectivity index (χ0) is 24.4. The van der Waals surface area contributed by atoms with E-state index in [0.29, 0.717) is 24.0 Å². The van der Waals surface area contributed by atoms with Crippen LogP contribution in [0.4, 0.5) is 21.8 Å². The molecule has 2 aliphatic rings. The van der Waals surface area contributed by atoms with Crippen molar-refractivity contribution in [2.45, 2.75) is 31.7 Å². The number of hydrogen-bond donors (Lipinski definition) is 1. The van der Waals surface area contributed by atoms with Crippen LogP contribution in [0.25, 0.3) is 11.0 Å². The highest BCUT2D eigenvalue weighted by atomic mass is 19.1. The van der Waals surface area contributed by atoms with Gasteiger partial charge in [-0.3, -0.25) is 9.69 Å². The van der Waals surface area contributed by atoms with Crippen LogP contribution in [-0.2, 0) is 0 Å². The summed E-state index contributed by atoms with van der Waals surface area (Å²) in [5.41, 5.74) is 2.49. The summed E-state index contributed by atoms with van der Waals surface area (Å²) in [7, 11) is 3.55. The van der Waals surface area contributed by atoms with Crippen molar-refractivity contribution in [2.75, 3.05) is 63.7 Å². The summed E-state index contributed by atoms with van der Waals surface area (Å²) in [6.07, 6.45) is 8.05. The number of piperazine rings is 1. The normalized spacial score (nSPS) is 17.3. The molecule has 0 spiro atoms. The molecule has 0 aromatic carbocycles. The van der Waals surface area contributed by atoms with E-state index in [2.05, 4.69) is 29.7 Å². The summed E-state index contributed by atoms with van der Waals surface area (Å²) < 4.78 is 14.7. The molecule has 9 nitrogen and oxygen atoms in total. The number of rotatable bonds is 7. The van der Waals surface area contributed by atoms with Gasteiger partial charge in [0.05, 0.1) is 11.9 Å². The number of carbonyl (C=O) groups excluding carboxylic acids is 1. The van der Waals surface area contributed by atoms with Crippen molar-refractivity contribution >= 4 is 34.4 Å². The van der Waals surface area contributed by atoms with Crippen LogP contribution in [0, 0.1) is 0 Å². The van der Waals surface area contributed by atoms with Gasteiger partial charge >= 0.3 is 0 Å². The Morgan fingerprint density at radius 1 is 1.11 bits per heavy atom. The van der Waals surface area contributed by atoms with E-state index in [9.17, 15) is 9.18 Å². The van der Waals surface area contributed by atoms with E-state index >= 15 is 0 Å². The van der Waals surface area contributed by atoms with Gasteiger partial charge in [-0.2, -0.15) is 4.98 Å². The second-order valence-electron chi connectivity index (χ2n) is 9.55. The predicted octanol–water partition coefficient (Wildman–Crippen LogP) is 3.48. The number of halogens is 1. The maximum atomic E-state index is 12.9. The first-order valence-electron chi connectivity index (χ1n) is 12.4. The molecule has 0 radical (unpaired) electrons. The number of nitrogens with zero attached hydrogens (tertiary/aromatic N) is 7. The van der Waals surface area contributed by atoms with E-state index < -0.39 is 0 Å². The quantitative estimate of drug-likeness (QED) is 0.554. The van der Waals surface area contributed by atoms with E-state index in [1.165, 1.54) is 0 Å². The molecule has 1 amide bonds. The van der Waals surface area contributed by atoms with Crippen molar-refractivity contribution < 1.29 is 9.18 Å². The van der Waals surface area contributed by atoms with Gasteiger partial charge < -0.3 is 19.7 Å². The highest BCUT2D eigenvalue weighted by Gasteiger charge is 2.26. The lowest BCUT2D eigenvalue weighted by Crippen LogP contribution is -2.47. The van der Waals surface area contributed by atoms with E-state index in [1.54, 1.807) is 25.2 Å². The van der Waals surface area contributed by atoms with Gasteiger partial charge in [0, 0.05) is 64.4 Å². The first-order chi connectivity index (χ1) is 17.0. The van der Waals surface area contributed by atoms with Crippen molar-refractivity contribution in [3.8, 4) is 0 Å². The smallest absolute Gasteiger partial charge is 0.270 e. The van der Waals surface area contributed by atoms with E-state index in [4.69, 9.17) is 4.98 Å². The lowest BCUT2D eigenvalue weighted by atomic mass is 10.2. The topological polar surface area (TPSA) is 82.4 Å². The molecule has 0 bridgehead atoms. The van der Waals surface area contributed by atoms with Crippen molar-refractivity contribution in [3.05, 3.63) is 36.3 Å². The monoisotopic (exact) mass is 480 g/mol. The standard InChI is InChI=1S/C25H33FN8O/c1-31(2)24(35)21-15-18-16-28-25(30-23(18)34(21)19-5-3-4-6-19)29-22-8-7-20(17-27-22)33-13-11-32(10-9-26)12-14-33/h7-8,15-17,19H,3-6,9-14H2,1-2H3,(H,27,28,29,30). The fraction of sp³-hybridized carbons (Fsp3) is 0.520. The Labute approximate surface area is 205 Å². The minimum atomic E-state index is -0.297. The third-order valence-corrected chi connectivity index (χ3v) is 7.02. The van der Waals surface area contributed by atoms with Gasteiger partial charge in [-0.15, -0.1) is 0 Å². The Morgan fingerprint density at radius 2 is 1.89 bits per heavy atom. The number of aromatic nitrogens is 4. The summed E-state index contributed by atoms with van der Waals surface area (Å²) in [5.74, 6) is 1.10. The zero-order valence-corrected chi connectivity index (χ0v) is 20.5. The van der Waals surface area contributed by atoms with Gasteiger partial charge in [0.15, 0.2) is 0 Å². The minimum Gasteiger partial charge on any atom is -0.368 e. The SMILES string of the molecule is CN(C)C(=O)c1cc2cnc(Nc3ccc(N4CCN(CCF)CC4)cn3)nc2n1C1CCCC1. The summed E-state index contributed by atoms with van der Waals surface area (Å²) in [4.78, 5) is 32.8. The summed E-state index contributed by atoms with van der Waals surface area (Å²) in [6, 6.07) is 6.14. The molecule has 3 aromatic rings. The lowest BCUT2D eigenvalue weighted by Gasteiger charge is -2.35. The van der Waals surface area contributed by atoms with Gasteiger partial charge in [-0.05, 0) is 31.0 Å². The number of nitrogens with one attached hydrogen (secondary N) is 1. The Bertz CT molecular complexity index is 1160. The molecule has 186 valence electrons. The largest absolute Gasteiger partial charge is 0.368 e. The minimum absolute atomic E-state index is 0.0211. The van der Waals surface area contributed by atoms with Crippen LogP contribution in [0.15, 0.2) is 30.6 Å². The summed E-state index contributed by atoms with van der Waals surface area (Å²) >= 11 is 0. The van der Waals surface area contributed by atoms with Crippen LogP contribution in [0.3, 0.4) is 0 Å². The molecule has 3 aromatic heterocycles. The zero-order valence-electron chi connectivity index (χ0n) is 20.5. The maximum absolute atomic E-state index is 12.9. The molecule has 35 heavy (non-hydrogen) atoms. The molecular weight excluding hydrogens is 447 g/mol. The van der Waals surface area contributed by atoms with Crippen LogP contribution < -0.4 is 10.2 Å². The molecule has 4 heterocycles. The first-order valence-corrected chi connectivity index (χ1v) is 12.4. The number of carbonyl (C=O) groups is 1. The summed E-state index contributed by atoms with van der Waals surface area (Å²) in [6.45, 7) is 3.65. The molecule has 1 saturated carbocycles. The van der Waals surface area contributed by atoms with Crippen molar-refractivity contribution in [1.82, 2.24) is 29.3 Å². The second-order valence-corrected chi connectivity index (χ2v) is 9.55. The Hall–Kier alpha value is -3.27. The van der Waals surface area contributed by atoms with Crippen molar-refractivity contribution in [2.24, 2.45) is 0 Å². The molecule has 1 aliphatic carbocycles. The van der Waals surface area contributed by atoms with Gasteiger partial charge in [0.25, 0.3) is 5.91 Å². The third kappa shape index (κ3) is 4.93. The number of hydrogen-bond acceptors (Lipinski definition) is 7. The second kappa shape index (κ2) is 10.2. The number of anilines is 3. The lowest BCUT2D eigenvalue weighted by molar-refractivity contribution is 0.0815. The highest BCUT2D eigenvalue weighted by molar-refractivity contribution is 5.97. The van der Waals surface area contributed by atoms with E-state index in [-0.39, 0.29) is 18.6 Å². The van der Waals surface area contributed by atoms with Gasteiger partial charge in [-0.1, -0.05) is 12.8 Å².